The normalized spacial score (nSPS) is 12.4. The minimum Gasteiger partial charge on any atom is -0.377 e. The number of nitrogens with zero attached hydrogens (tertiary/aromatic N) is 1. The van der Waals surface area contributed by atoms with Crippen molar-refractivity contribution >= 4 is 28.6 Å². The van der Waals surface area contributed by atoms with Gasteiger partial charge in [-0.3, -0.25) is 4.98 Å². The molecule has 0 aliphatic rings. The van der Waals surface area contributed by atoms with Gasteiger partial charge in [0.2, 0.25) is 0 Å². The third-order valence-corrected chi connectivity index (χ3v) is 3.63. The molecule has 2 aromatic rings. The predicted molar refractivity (Wildman–Crippen MR) is 70.3 cm³/mol. The first kappa shape index (κ1) is 11.4. The molecule has 4 heteroatoms. The van der Waals surface area contributed by atoms with Gasteiger partial charge in [0.15, 0.2) is 0 Å². The number of hydrogen-bond acceptors (Lipinski definition) is 3. The van der Waals surface area contributed by atoms with E-state index in [-0.39, 0.29) is 6.04 Å². The standard InChI is InChI=1S/C12H13ClN2S/c1-8-5-10(13)3-4-11(8)15-9(2)12-6-14-7-16-12/h3-7,9,15H,1-2H3. The van der Waals surface area contributed by atoms with Crippen LogP contribution in [0.25, 0.3) is 0 Å². The molecule has 2 rings (SSSR count). The SMILES string of the molecule is Cc1cc(Cl)ccc1NC(C)c1cncs1. The molecule has 0 saturated carbocycles. The summed E-state index contributed by atoms with van der Waals surface area (Å²) in [5, 5.41) is 4.22. The molecule has 1 N–H and O–H groups in total. The Balaban J connectivity index is 2.15. The van der Waals surface area contributed by atoms with E-state index < -0.39 is 0 Å². The van der Waals surface area contributed by atoms with Crippen LogP contribution in [0, 0.1) is 6.92 Å². The van der Waals surface area contributed by atoms with Crippen LogP contribution in [0.4, 0.5) is 5.69 Å². The van der Waals surface area contributed by atoms with E-state index in [1.54, 1.807) is 11.3 Å². The van der Waals surface area contributed by atoms with Crippen LogP contribution in [0.2, 0.25) is 5.02 Å². The number of hydrogen-bond donors (Lipinski definition) is 1. The number of anilines is 1. The summed E-state index contributed by atoms with van der Waals surface area (Å²) in [6, 6.07) is 6.14. The van der Waals surface area contributed by atoms with Crippen LogP contribution in [-0.2, 0) is 0 Å². The minimum absolute atomic E-state index is 0.271. The second-order valence-electron chi connectivity index (χ2n) is 3.73. The molecule has 0 fully saturated rings. The van der Waals surface area contributed by atoms with Crippen LogP contribution in [-0.4, -0.2) is 4.98 Å². The first-order chi connectivity index (χ1) is 7.66. The van der Waals surface area contributed by atoms with Crippen LogP contribution in [0.1, 0.15) is 23.4 Å². The van der Waals surface area contributed by atoms with E-state index in [0.29, 0.717) is 0 Å². The second-order valence-corrected chi connectivity index (χ2v) is 5.08. The Labute approximate surface area is 104 Å². The predicted octanol–water partition coefficient (Wildman–Crippen LogP) is 4.28. The Morgan fingerprint density at radius 3 is 2.88 bits per heavy atom. The minimum atomic E-state index is 0.271. The van der Waals surface area contributed by atoms with Crippen LogP contribution in [0.5, 0.6) is 0 Å². The number of thiazole rings is 1. The summed E-state index contributed by atoms with van der Waals surface area (Å²) >= 11 is 7.58. The quantitative estimate of drug-likeness (QED) is 0.882. The van der Waals surface area contributed by atoms with Crippen LogP contribution in [0.3, 0.4) is 0 Å². The third-order valence-electron chi connectivity index (χ3n) is 2.44. The summed E-state index contributed by atoms with van der Waals surface area (Å²) in [5.74, 6) is 0. The summed E-state index contributed by atoms with van der Waals surface area (Å²) < 4.78 is 0. The number of aromatic nitrogens is 1. The van der Waals surface area contributed by atoms with Crippen LogP contribution in [0.15, 0.2) is 29.9 Å². The van der Waals surface area contributed by atoms with Crippen molar-refractivity contribution in [2.45, 2.75) is 19.9 Å². The fourth-order valence-corrected chi connectivity index (χ4v) is 2.39. The van der Waals surface area contributed by atoms with Crippen molar-refractivity contribution in [3.8, 4) is 0 Å². The van der Waals surface area contributed by atoms with Gasteiger partial charge in [0.1, 0.15) is 0 Å². The molecule has 84 valence electrons. The van der Waals surface area contributed by atoms with Crippen molar-refractivity contribution in [3.63, 3.8) is 0 Å². The highest BCUT2D eigenvalue weighted by atomic mass is 35.5. The summed E-state index contributed by atoms with van der Waals surface area (Å²) in [6.07, 6.45) is 1.90. The molecule has 16 heavy (non-hydrogen) atoms. The van der Waals surface area contributed by atoms with Crippen molar-refractivity contribution < 1.29 is 0 Å². The molecule has 0 radical (unpaired) electrons. The van der Waals surface area contributed by atoms with E-state index in [1.807, 2.05) is 36.8 Å². The average molecular weight is 253 g/mol. The summed E-state index contributed by atoms with van der Waals surface area (Å²) in [6.45, 7) is 4.18. The van der Waals surface area contributed by atoms with Crippen LogP contribution < -0.4 is 5.32 Å². The Morgan fingerprint density at radius 1 is 1.44 bits per heavy atom. The molecule has 1 heterocycles. The largest absolute Gasteiger partial charge is 0.377 e. The smallest absolute Gasteiger partial charge is 0.0795 e. The van der Waals surface area contributed by atoms with Crippen molar-refractivity contribution in [2.75, 3.05) is 5.32 Å². The Kier molecular flexibility index (Phi) is 3.46. The van der Waals surface area contributed by atoms with Gasteiger partial charge >= 0.3 is 0 Å². The molecule has 1 unspecified atom stereocenters. The van der Waals surface area contributed by atoms with Crippen LogP contribution >= 0.6 is 22.9 Å². The van der Waals surface area contributed by atoms with Gasteiger partial charge in [0.25, 0.3) is 0 Å². The molecule has 1 aromatic carbocycles. The molecular weight excluding hydrogens is 240 g/mol. The number of halogens is 1. The van der Waals surface area contributed by atoms with Gasteiger partial charge in [-0.2, -0.15) is 0 Å². The van der Waals surface area contributed by atoms with E-state index in [1.165, 1.54) is 4.88 Å². The lowest BCUT2D eigenvalue weighted by Gasteiger charge is -2.15. The lowest BCUT2D eigenvalue weighted by molar-refractivity contribution is 0.901. The lowest BCUT2D eigenvalue weighted by Crippen LogP contribution is -2.05. The van der Waals surface area contributed by atoms with Gasteiger partial charge in [0, 0.05) is 21.8 Å². The van der Waals surface area contributed by atoms with Gasteiger partial charge in [-0.1, -0.05) is 11.6 Å². The van der Waals surface area contributed by atoms with Gasteiger partial charge in [0.05, 0.1) is 11.6 Å². The summed E-state index contributed by atoms with van der Waals surface area (Å²) in [4.78, 5) is 5.31. The van der Waals surface area contributed by atoms with E-state index in [4.69, 9.17) is 11.6 Å². The highest BCUT2D eigenvalue weighted by Crippen LogP contribution is 2.25. The van der Waals surface area contributed by atoms with Gasteiger partial charge in [-0.25, -0.2) is 0 Å². The fraction of sp³-hybridized carbons (Fsp3) is 0.250. The van der Waals surface area contributed by atoms with Crippen molar-refractivity contribution in [3.05, 3.63) is 45.4 Å². The number of nitrogens with one attached hydrogen (secondary N) is 1. The first-order valence-electron chi connectivity index (χ1n) is 5.08. The molecule has 2 nitrogen and oxygen atoms in total. The summed E-state index contributed by atoms with van der Waals surface area (Å²) in [7, 11) is 0. The maximum absolute atomic E-state index is 5.92. The zero-order chi connectivity index (χ0) is 11.5. The fourth-order valence-electron chi connectivity index (χ4n) is 1.53. The monoisotopic (exact) mass is 252 g/mol. The molecular formula is C12H13ClN2S. The molecule has 0 spiro atoms. The topological polar surface area (TPSA) is 24.9 Å². The molecule has 0 aliphatic heterocycles. The third kappa shape index (κ3) is 2.54. The maximum Gasteiger partial charge on any atom is 0.0795 e. The van der Waals surface area contributed by atoms with Gasteiger partial charge in [-0.05, 0) is 37.6 Å². The Bertz CT molecular complexity index is 468. The highest BCUT2D eigenvalue weighted by Gasteiger charge is 2.08. The van der Waals surface area contributed by atoms with E-state index in [9.17, 15) is 0 Å². The van der Waals surface area contributed by atoms with Crippen molar-refractivity contribution in [2.24, 2.45) is 0 Å². The van der Waals surface area contributed by atoms with Gasteiger partial charge < -0.3 is 5.32 Å². The van der Waals surface area contributed by atoms with E-state index in [0.717, 1.165) is 16.3 Å². The molecule has 0 aliphatic carbocycles. The highest BCUT2D eigenvalue weighted by molar-refractivity contribution is 7.09. The van der Waals surface area contributed by atoms with Gasteiger partial charge in [-0.15, -0.1) is 11.3 Å². The first-order valence-corrected chi connectivity index (χ1v) is 6.33. The molecule has 1 atom stereocenters. The molecule has 1 aromatic heterocycles. The van der Waals surface area contributed by atoms with Crippen molar-refractivity contribution in [1.29, 1.82) is 0 Å². The lowest BCUT2D eigenvalue weighted by atomic mass is 10.2. The molecule has 0 amide bonds. The Morgan fingerprint density at radius 2 is 2.25 bits per heavy atom. The summed E-state index contributed by atoms with van der Waals surface area (Å²) in [5.41, 5.74) is 4.12. The molecule has 0 saturated heterocycles. The second kappa shape index (κ2) is 4.85. The number of rotatable bonds is 3. The molecule has 0 bridgehead atoms. The van der Waals surface area contributed by atoms with Crippen molar-refractivity contribution in [1.82, 2.24) is 4.98 Å². The Hall–Kier alpha value is -1.06. The van der Waals surface area contributed by atoms with E-state index >= 15 is 0 Å². The number of benzene rings is 1. The van der Waals surface area contributed by atoms with E-state index in [2.05, 4.69) is 17.2 Å². The number of aryl methyl sites for hydroxylation is 1. The maximum atomic E-state index is 5.92. The zero-order valence-electron chi connectivity index (χ0n) is 9.20. The average Bonchev–Trinajstić information content (AvgIpc) is 2.75. The zero-order valence-corrected chi connectivity index (χ0v) is 10.8.